The lowest BCUT2D eigenvalue weighted by Crippen LogP contribution is -2.43. The Bertz CT molecular complexity index is 453. The summed E-state index contributed by atoms with van der Waals surface area (Å²) in [5.41, 5.74) is 7.93. The van der Waals surface area contributed by atoms with Gasteiger partial charge in [0.1, 0.15) is 5.84 Å². The number of allylic oxidation sites excluding steroid dienone is 2. The summed E-state index contributed by atoms with van der Waals surface area (Å²) in [5, 5.41) is 11.2. The fourth-order valence-electron chi connectivity index (χ4n) is 2.35. The van der Waals surface area contributed by atoms with Crippen molar-refractivity contribution in [2.75, 3.05) is 6.54 Å². The average molecular weight is 200 g/mol. The Morgan fingerprint density at radius 3 is 3.20 bits per heavy atom. The molecule has 1 aliphatic carbocycles. The van der Waals surface area contributed by atoms with Crippen molar-refractivity contribution in [1.82, 2.24) is 5.32 Å². The molecular formula is C11H12N4. The Hall–Kier alpha value is -1.68. The van der Waals surface area contributed by atoms with Gasteiger partial charge in [0.05, 0.1) is 12.0 Å². The van der Waals surface area contributed by atoms with Crippen molar-refractivity contribution in [2.45, 2.75) is 6.04 Å². The van der Waals surface area contributed by atoms with Gasteiger partial charge in [-0.05, 0) is 5.57 Å². The Morgan fingerprint density at radius 1 is 1.47 bits per heavy atom. The summed E-state index contributed by atoms with van der Waals surface area (Å²) in [6.07, 6.45) is 8.15. The van der Waals surface area contributed by atoms with Crippen molar-refractivity contribution >= 4 is 11.7 Å². The molecule has 76 valence electrons. The largest absolute Gasteiger partial charge is 0.387 e. The minimum atomic E-state index is 0.0971. The van der Waals surface area contributed by atoms with Gasteiger partial charge in [0, 0.05) is 12.1 Å². The molecule has 0 spiro atoms. The van der Waals surface area contributed by atoms with Crippen LogP contribution in [0.4, 0.5) is 0 Å². The van der Waals surface area contributed by atoms with Gasteiger partial charge in [0.2, 0.25) is 0 Å². The summed E-state index contributed by atoms with van der Waals surface area (Å²) in [7, 11) is 0. The van der Waals surface area contributed by atoms with Crippen molar-refractivity contribution in [3.63, 3.8) is 0 Å². The van der Waals surface area contributed by atoms with E-state index in [-0.39, 0.29) is 12.0 Å². The third-order valence-electron chi connectivity index (χ3n) is 3.08. The van der Waals surface area contributed by atoms with Crippen molar-refractivity contribution in [2.24, 2.45) is 16.6 Å². The summed E-state index contributed by atoms with van der Waals surface area (Å²) in [6, 6.07) is 0.225. The van der Waals surface area contributed by atoms with Crippen LogP contribution >= 0.6 is 0 Å². The van der Waals surface area contributed by atoms with Crippen molar-refractivity contribution < 1.29 is 0 Å². The van der Waals surface area contributed by atoms with Crippen LogP contribution in [-0.4, -0.2) is 24.3 Å². The summed E-state index contributed by atoms with van der Waals surface area (Å²) < 4.78 is 0. The van der Waals surface area contributed by atoms with Crippen LogP contribution in [0.5, 0.6) is 0 Å². The van der Waals surface area contributed by atoms with Crippen LogP contribution in [0.15, 0.2) is 40.4 Å². The van der Waals surface area contributed by atoms with Crippen LogP contribution < -0.4 is 11.1 Å². The van der Waals surface area contributed by atoms with Crippen LogP contribution in [-0.2, 0) is 0 Å². The number of fused-ring (bicyclic) bond motifs is 2. The quantitative estimate of drug-likeness (QED) is 0.527. The molecule has 4 heteroatoms. The zero-order valence-corrected chi connectivity index (χ0v) is 8.20. The van der Waals surface area contributed by atoms with Gasteiger partial charge in [-0.15, -0.1) is 0 Å². The van der Waals surface area contributed by atoms with Gasteiger partial charge in [0.15, 0.2) is 5.84 Å². The number of amidine groups is 2. The second kappa shape index (κ2) is 2.90. The average Bonchev–Trinajstić information content (AvgIpc) is 2.55. The second-order valence-electron chi connectivity index (χ2n) is 3.94. The van der Waals surface area contributed by atoms with E-state index >= 15 is 0 Å². The Morgan fingerprint density at radius 2 is 2.33 bits per heavy atom. The number of nitrogens with two attached hydrogens (primary N) is 1. The predicted molar refractivity (Wildman–Crippen MR) is 59.9 cm³/mol. The zero-order valence-electron chi connectivity index (χ0n) is 8.20. The molecule has 3 aliphatic rings. The summed E-state index contributed by atoms with van der Waals surface area (Å²) in [6.45, 7) is 0.777. The van der Waals surface area contributed by atoms with Gasteiger partial charge < -0.3 is 11.1 Å². The molecule has 3 rings (SSSR count). The minimum Gasteiger partial charge on any atom is -0.387 e. The van der Waals surface area contributed by atoms with Gasteiger partial charge in [-0.1, -0.05) is 24.3 Å². The highest BCUT2D eigenvalue weighted by atomic mass is 15.0. The van der Waals surface area contributed by atoms with E-state index in [4.69, 9.17) is 11.1 Å². The molecule has 0 aromatic carbocycles. The Balaban J connectivity index is 2.14. The molecule has 0 aromatic rings. The molecule has 0 saturated heterocycles. The zero-order chi connectivity index (χ0) is 10.4. The highest BCUT2D eigenvalue weighted by Crippen LogP contribution is 2.31. The fourth-order valence-corrected chi connectivity index (χ4v) is 2.35. The maximum Gasteiger partial charge on any atom is 0.150 e. The van der Waals surface area contributed by atoms with E-state index in [9.17, 15) is 0 Å². The molecule has 0 bridgehead atoms. The van der Waals surface area contributed by atoms with Gasteiger partial charge in [0.25, 0.3) is 0 Å². The summed E-state index contributed by atoms with van der Waals surface area (Å²) in [4.78, 5) is 4.05. The van der Waals surface area contributed by atoms with Crippen molar-refractivity contribution in [1.29, 1.82) is 5.41 Å². The van der Waals surface area contributed by atoms with Gasteiger partial charge in [-0.3, -0.25) is 5.41 Å². The number of aliphatic imine (C=N–C) groups is 1. The first-order valence-corrected chi connectivity index (χ1v) is 5.02. The van der Waals surface area contributed by atoms with E-state index in [1.807, 2.05) is 18.2 Å². The first kappa shape index (κ1) is 8.61. The molecule has 0 radical (unpaired) electrons. The summed E-state index contributed by atoms with van der Waals surface area (Å²) >= 11 is 0. The molecule has 2 heterocycles. The molecule has 0 aromatic heterocycles. The third-order valence-corrected chi connectivity index (χ3v) is 3.08. The van der Waals surface area contributed by atoms with Gasteiger partial charge in [-0.2, -0.15) is 0 Å². The molecule has 4 N–H and O–H groups in total. The van der Waals surface area contributed by atoms with Crippen LogP contribution in [0.1, 0.15) is 0 Å². The molecule has 0 saturated carbocycles. The molecule has 2 unspecified atom stereocenters. The monoisotopic (exact) mass is 200 g/mol. The van der Waals surface area contributed by atoms with Crippen molar-refractivity contribution in [3.05, 3.63) is 35.5 Å². The molecular weight excluding hydrogens is 188 g/mol. The predicted octanol–water partition coefficient (Wildman–Crippen LogP) is 0.345. The number of hydrogen-bond donors (Lipinski definition) is 3. The summed E-state index contributed by atoms with van der Waals surface area (Å²) in [5.74, 6) is 0.996. The van der Waals surface area contributed by atoms with E-state index in [0.717, 1.165) is 17.7 Å². The molecule has 2 atom stereocenters. The van der Waals surface area contributed by atoms with E-state index in [0.29, 0.717) is 11.7 Å². The Labute approximate surface area is 87.8 Å². The van der Waals surface area contributed by atoms with E-state index in [2.05, 4.69) is 16.4 Å². The highest BCUT2D eigenvalue weighted by Gasteiger charge is 2.36. The van der Waals surface area contributed by atoms with Crippen LogP contribution in [0, 0.1) is 11.3 Å². The lowest BCUT2D eigenvalue weighted by atomic mass is 9.85. The van der Waals surface area contributed by atoms with Crippen molar-refractivity contribution in [3.8, 4) is 0 Å². The normalized spacial score (nSPS) is 32.8. The van der Waals surface area contributed by atoms with Crippen LogP contribution in [0.25, 0.3) is 0 Å². The van der Waals surface area contributed by atoms with E-state index < -0.39 is 0 Å². The number of hydrogen-bond acceptors (Lipinski definition) is 3. The second-order valence-corrected chi connectivity index (χ2v) is 3.94. The standard InChI is InChI=1S/C11H12N4/c12-10-7-5-14-8-4-2-1-3-6(8)9(7)11(13)15-10/h1-4,7-8,14H,5H2,(H3,12,13,15). The first-order valence-electron chi connectivity index (χ1n) is 5.02. The smallest absolute Gasteiger partial charge is 0.150 e. The van der Waals surface area contributed by atoms with E-state index in [1.165, 1.54) is 0 Å². The molecule has 0 fully saturated rings. The van der Waals surface area contributed by atoms with Crippen LogP contribution in [0.2, 0.25) is 0 Å². The molecule has 15 heavy (non-hydrogen) atoms. The third kappa shape index (κ3) is 1.11. The van der Waals surface area contributed by atoms with Crippen LogP contribution in [0.3, 0.4) is 0 Å². The fraction of sp³-hybridized carbons (Fsp3) is 0.273. The first-order chi connectivity index (χ1) is 7.27. The lowest BCUT2D eigenvalue weighted by molar-refractivity contribution is 0.577. The lowest BCUT2D eigenvalue weighted by Gasteiger charge is -2.29. The molecule has 2 aliphatic heterocycles. The number of nitrogens with one attached hydrogen (secondary N) is 2. The molecule has 4 nitrogen and oxygen atoms in total. The number of rotatable bonds is 0. The SMILES string of the molecule is N=C1N=C(N)C2CNC3C=CC=CC3=C12. The number of nitrogens with zero attached hydrogens (tertiary/aromatic N) is 1. The topological polar surface area (TPSA) is 74.3 Å². The Kier molecular flexibility index (Phi) is 1.67. The van der Waals surface area contributed by atoms with E-state index in [1.54, 1.807) is 0 Å². The highest BCUT2D eigenvalue weighted by molar-refractivity contribution is 6.15. The molecule has 0 amide bonds. The minimum absolute atomic E-state index is 0.0971. The van der Waals surface area contributed by atoms with Gasteiger partial charge in [-0.25, -0.2) is 4.99 Å². The maximum atomic E-state index is 7.82. The van der Waals surface area contributed by atoms with Gasteiger partial charge >= 0.3 is 0 Å². The maximum absolute atomic E-state index is 7.82.